The highest BCUT2D eigenvalue weighted by Crippen LogP contribution is 2.06. The van der Waals surface area contributed by atoms with Crippen molar-refractivity contribution >= 4 is 5.91 Å². The molecule has 13 heavy (non-hydrogen) atoms. The minimum Gasteiger partial charge on any atom is -0.372 e. The lowest BCUT2D eigenvalue weighted by atomic mass is 10.2. The second kappa shape index (κ2) is 3.31. The summed E-state index contributed by atoms with van der Waals surface area (Å²) in [6.07, 6.45) is 3.51. The van der Waals surface area contributed by atoms with Crippen molar-refractivity contribution in [2.75, 3.05) is 6.67 Å². The third-order valence-electron chi connectivity index (χ3n) is 1.92. The number of carbonyl (C=O) groups is 1. The van der Waals surface area contributed by atoms with Gasteiger partial charge in [-0.15, -0.1) is 0 Å². The quantitative estimate of drug-likeness (QED) is 0.693. The molecular formula is C10H10N2O. The highest BCUT2D eigenvalue weighted by molar-refractivity contribution is 5.94. The van der Waals surface area contributed by atoms with Gasteiger partial charge in [-0.3, -0.25) is 9.69 Å². The Kier molecular flexibility index (Phi) is 2.00. The fourth-order valence-electron chi connectivity index (χ4n) is 1.23. The normalized spacial score (nSPS) is 14.3. The summed E-state index contributed by atoms with van der Waals surface area (Å²) in [6.45, 7) is 0.563. The zero-order valence-corrected chi connectivity index (χ0v) is 7.10. The lowest BCUT2D eigenvalue weighted by Crippen LogP contribution is -2.27. The van der Waals surface area contributed by atoms with Crippen molar-refractivity contribution in [1.82, 2.24) is 10.2 Å². The third kappa shape index (κ3) is 1.54. The summed E-state index contributed by atoms with van der Waals surface area (Å²) in [5.74, 6) is 0.0295. The van der Waals surface area contributed by atoms with E-state index in [1.165, 1.54) is 0 Å². The number of rotatable bonds is 1. The first-order chi connectivity index (χ1) is 6.38. The van der Waals surface area contributed by atoms with Crippen LogP contribution in [0.1, 0.15) is 10.4 Å². The predicted octanol–water partition coefficient (Wildman–Crippen LogP) is 1.16. The molecule has 1 N–H and O–H groups in total. The molecule has 0 fully saturated rings. The van der Waals surface area contributed by atoms with Crippen molar-refractivity contribution in [3.63, 3.8) is 0 Å². The van der Waals surface area contributed by atoms with Crippen molar-refractivity contribution in [3.8, 4) is 0 Å². The van der Waals surface area contributed by atoms with E-state index in [0.29, 0.717) is 6.67 Å². The van der Waals surface area contributed by atoms with Gasteiger partial charge < -0.3 is 5.32 Å². The van der Waals surface area contributed by atoms with E-state index < -0.39 is 0 Å². The van der Waals surface area contributed by atoms with Crippen LogP contribution >= 0.6 is 0 Å². The van der Waals surface area contributed by atoms with Crippen LogP contribution in [0, 0.1) is 0 Å². The van der Waals surface area contributed by atoms with Crippen LogP contribution in [0.5, 0.6) is 0 Å². The van der Waals surface area contributed by atoms with Gasteiger partial charge in [-0.25, -0.2) is 0 Å². The molecule has 66 valence electrons. The van der Waals surface area contributed by atoms with E-state index in [1.807, 2.05) is 30.3 Å². The number of nitrogens with one attached hydrogen (secondary N) is 1. The lowest BCUT2D eigenvalue weighted by molar-refractivity contribution is 0.0829. The van der Waals surface area contributed by atoms with Crippen LogP contribution in [0.15, 0.2) is 42.7 Å². The van der Waals surface area contributed by atoms with Crippen LogP contribution in [0.25, 0.3) is 0 Å². The zero-order chi connectivity index (χ0) is 9.10. The minimum atomic E-state index is 0.0295. The summed E-state index contributed by atoms with van der Waals surface area (Å²) in [6, 6.07) is 9.25. The molecule has 1 aliphatic heterocycles. The zero-order valence-electron chi connectivity index (χ0n) is 7.10. The molecule has 0 unspecified atom stereocenters. The summed E-state index contributed by atoms with van der Waals surface area (Å²) in [7, 11) is 0. The van der Waals surface area contributed by atoms with Gasteiger partial charge in [0.05, 0.1) is 6.67 Å². The fourth-order valence-corrected chi connectivity index (χ4v) is 1.23. The highest BCUT2D eigenvalue weighted by atomic mass is 16.2. The Morgan fingerprint density at radius 2 is 2.08 bits per heavy atom. The Labute approximate surface area is 76.7 Å². The number of amides is 1. The molecule has 1 aliphatic rings. The molecule has 1 aromatic carbocycles. The maximum absolute atomic E-state index is 11.7. The van der Waals surface area contributed by atoms with Crippen molar-refractivity contribution < 1.29 is 4.79 Å². The molecule has 0 saturated heterocycles. The Morgan fingerprint density at radius 1 is 1.31 bits per heavy atom. The van der Waals surface area contributed by atoms with E-state index in [1.54, 1.807) is 17.3 Å². The molecule has 0 bridgehead atoms. The number of hydrogen-bond donors (Lipinski definition) is 1. The van der Waals surface area contributed by atoms with Crippen LogP contribution < -0.4 is 5.32 Å². The maximum atomic E-state index is 11.7. The number of carbonyl (C=O) groups excluding carboxylic acids is 1. The number of benzene rings is 1. The first-order valence-electron chi connectivity index (χ1n) is 4.14. The van der Waals surface area contributed by atoms with Gasteiger partial charge in [0.25, 0.3) is 5.91 Å². The van der Waals surface area contributed by atoms with E-state index in [2.05, 4.69) is 5.32 Å². The van der Waals surface area contributed by atoms with Crippen LogP contribution in [0.4, 0.5) is 0 Å². The molecule has 0 radical (unpaired) electrons. The van der Waals surface area contributed by atoms with Crippen LogP contribution in [0.2, 0.25) is 0 Å². The van der Waals surface area contributed by atoms with Gasteiger partial charge in [0.2, 0.25) is 0 Å². The van der Waals surface area contributed by atoms with Gasteiger partial charge in [0.15, 0.2) is 0 Å². The molecule has 0 aromatic heterocycles. The van der Waals surface area contributed by atoms with E-state index in [-0.39, 0.29) is 5.91 Å². The van der Waals surface area contributed by atoms with Crippen molar-refractivity contribution in [2.24, 2.45) is 0 Å². The molecule has 1 amide bonds. The molecule has 3 heteroatoms. The Bertz CT molecular complexity index is 332. The fraction of sp³-hybridized carbons (Fsp3) is 0.100. The van der Waals surface area contributed by atoms with Gasteiger partial charge in [-0.2, -0.15) is 0 Å². The Morgan fingerprint density at radius 3 is 2.69 bits per heavy atom. The summed E-state index contributed by atoms with van der Waals surface area (Å²) < 4.78 is 0. The molecule has 1 aromatic rings. The average molecular weight is 174 g/mol. The van der Waals surface area contributed by atoms with E-state index in [4.69, 9.17) is 0 Å². The van der Waals surface area contributed by atoms with Crippen LogP contribution in [-0.4, -0.2) is 17.5 Å². The van der Waals surface area contributed by atoms with Crippen molar-refractivity contribution in [1.29, 1.82) is 0 Å². The van der Waals surface area contributed by atoms with Crippen molar-refractivity contribution in [3.05, 3.63) is 48.3 Å². The van der Waals surface area contributed by atoms with E-state index in [9.17, 15) is 4.79 Å². The van der Waals surface area contributed by atoms with Gasteiger partial charge in [0, 0.05) is 18.0 Å². The van der Waals surface area contributed by atoms with Gasteiger partial charge >= 0.3 is 0 Å². The predicted molar refractivity (Wildman–Crippen MR) is 49.8 cm³/mol. The lowest BCUT2D eigenvalue weighted by Gasteiger charge is -2.12. The van der Waals surface area contributed by atoms with E-state index in [0.717, 1.165) is 5.56 Å². The molecule has 2 rings (SSSR count). The molecule has 0 aliphatic carbocycles. The molecule has 0 spiro atoms. The van der Waals surface area contributed by atoms with Crippen LogP contribution in [-0.2, 0) is 0 Å². The maximum Gasteiger partial charge on any atom is 0.259 e. The third-order valence-corrected chi connectivity index (χ3v) is 1.92. The van der Waals surface area contributed by atoms with Gasteiger partial charge in [0.1, 0.15) is 0 Å². The first-order valence-corrected chi connectivity index (χ1v) is 4.14. The Hall–Kier alpha value is -1.77. The molecule has 0 atom stereocenters. The SMILES string of the molecule is O=C(c1ccccc1)N1C=CNC1. The topological polar surface area (TPSA) is 32.3 Å². The van der Waals surface area contributed by atoms with Crippen molar-refractivity contribution in [2.45, 2.75) is 0 Å². The second-order valence-electron chi connectivity index (χ2n) is 2.82. The summed E-state index contributed by atoms with van der Waals surface area (Å²) in [4.78, 5) is 13.3. The molecular weight excluding hydrogens is 164 g/mol. The first kappa shape index (κ1) is 7.86. The average Bonchev–Trinajstić information content (AvgIpc) is 2.71. The standard InChI is InChI=1S/C10H10N2O/c13-10(12-7-6-11-8-12)9-4-2-1-3-5-9/h1-7,11H,8H2. The smallest absolute Gasteiger partial charge is 0.259 e. The van der Waals surface area contributed by atoms with Gasteiger partial charge in [-0.05, 0) is 12.1 Å². The van der Waals surface area contributed by atoms with Crippen LogP contribution in [0.3, 0.4) is 0 Å². The highest BCUT2D eigenvalue weighted by Gasteiger charge is 2.14. The number of hydrogen-bond acceptors (Lipinski definition) is 2. The summed E-state index contributed by atoms with van der Waals surface area (Å²) >= 11 is 0. The largest absolute Gasteiger partial charge is 0.372 e. The molecule has 0 saturated carbocycles. The minimum absolute atomic E-state index is 0.0295. The monoisotopic (exact) mass is 174 g/mol. The molecule has 3 nitrogen and oxygen atoms in total. The number of nitrogens with zero attached hydrogens (tertiary/aromatic N) is 1. The molecule has 1 heterocycles. The Balaban J connectivity index is 2.18. The van der Waals surface area contributed by atoms with Gasteiger partial charge in [-0.1, -0.05) is 18.2 Å². The second-order valence-corrected chi connectivity index (χ2v) is 2.82. The summed E-state index contributed by atoms with van der Waals surface area (Å²) in [5, 5.41) is 2.95. The van der Waals surface area contributed by atoms with E-state index >= 15 is 0 Å². The summed E-state index contributed by atoms with van der Waals surface area (Å²) in [5.41, 5.74) is 0.718.